The Kier molecular flexibility index (Phi) is 6.21. The number of unbranched alkanes of at least 4 members (excludes halogenated alkanes) is 1. The minimum atomic E-state index is -1.22. The first-order chi connectivity index (χ1) is 10.2. The number of amides is 1. The van der Waals surface area contributed by atoms with Crippen LogP contribution in [-0.2, 0) is 16.1 Å². The lowest BCUT2D eigenvalue weighted by Crippen LogP contribution is -2.48. The number of hydroxylamine groups is 1. The summed E-state index contributed by atoms with van der Waals surface area (Å²) in [6.07, 6.45) is 6.89. The number of benzene rings is 1. The van der Waals surface area contributed by atoms with Crippen LogP contribution in [0.1, 0.15) is 50.5 Å². The molecule has 1 saturated carbocycles. The fraction of sp³-hybridized carbons (Fsp3) is 0.588. The molecule has 1 fully saturated rings. The number of carbonyl (C=O) groups is 1. The van der Waals surface area contributed by atoms with Crippen molar-refractivity contribution in [3.63, 3.8) is 0 Å². The molecule has 4 nitrogen and oxygen atoms in total. The lowest BCUT2D eigenvalue weighted by molar-refractivity contribution is -0.156. The molecule has 0 saturated heterocycles. The summed E-state index contributed by atoms with van der Waals surface area (Å²) in [7, 11) is 0. The summed E-state index contributed by atoms with van der Waals surface area (Å²) >= 11 is 0. The van der Waals surface area contributed by atoms with Crippen molar-refractivity contribution < 1.29 is 14.7 Å². The maximum Gasteiger partial charge on any atom is 0.275 e. The van der Waals surface area contributed by atoms with Crippen LogP contribution in [0.3, 0.4) is 0 Å². The van der Waals surface area contributed by atoms with Crippen molar-refractivity contribution >= 4 is 5.91 Å². The first kappa shape index (κ1) is 16.0. The van der Waals surface area contributed by atoms with Crippen LogP contribution in [0.25, 0.3) is 0 Å². The Balaban J connectivity index is 1.56. The molecule has 0 unspecified atom stereocenters. The van der Waals surface area contributed by atoms with Gasteiger partial charge in [-0.15, -0.1) is 0 Å². The number of aliphatic hydroxyl groups is 1. The second-order valence-electron chi connectivity index (χ2n) is 5.81. The number of hydrogen-bond donors (Lipinski definition) is 2. The third-order valence-corrected chi connectivity index (χ3v) is 4.07. The van der Waals surface area contributed by atoms with Gasteiger partial charge in [-0.25, -0.2) is 5.48 Å². The van der Waals surface area contributed by atoms with Gasteiger partial charge in [-0.05, 0) is 37.7 Å². The minimum Gasteiger partial charge on any atom is -0.380 e. The molecule has 1 aliphatic rings. The van der Waals surface area contributed by atoms with Crippen LogP contribution in [0.5, 0.6) is 0 Å². The summed E-state index contributed by atoms with van der Waals surface area (Å²) in [4.78, 5) is 17.1. The van der Waals surface area contributed by atoms with Gasteiger partial charge >= 0.3 is 0 Å². The minimum absolute atomic E-state index is 0.384. The zero-order chi connectivity index (χ0) is 15.0. The molecule has 0 radical (unpaired) electrons. The summed E-state index contributed by atoms with van der Waals surface area (Å²) in [5, 5.41) is 10.2. The van der Waals surface area contributed by atoms with E-state index < -0.39 is 5.60 Å². The van der Waals surface area contributed by atoms with Crippen LogP contribution in [0.4, 0.5) is 0 Å². The van der Waals surface area contributed by atoms with E-state index in [1.54, 1.807) is 0 Å². The smallest absolute Gasteiger partial charge is 0.275 e. The van der Waals surface area contributed by atoms with Gasteiger partial charge in [-0.3, -0.25) is 9.63 Å². The molecule has 2 rings (SSSR count). The molecule has 0 heterocycles. The number of carbonyl (C=O) groups excluding carboxylic acids is 1. The molecule has 0 spiro atoms. The maximum atomic E-state index is 11.9. The molecule has 0 aromatic heterocycles. The number of aryl methyl sites for hydroxylation is 1. The van der Waals surface area contributed by atoms with Crippen molar-refractivity contribution in [1.29, 1.82) is 0 Å². The molecule has 21 heavy (non-hydrogen) atoms. The second-order valence-corrected chi connectivity index (χ2v) is 5.81. The van der Waals surface area contributed by atoms with Crippen molar-refractivity contribution in [2.75, 3.05) is 6.61 Å². The number of nitrogens with one attached hydrogen (secondary N) is 1. The number of rotatable bonds is 7. The fourth-order valence-corrected chi connectivity index (χ4v) is 2.72. The standard InChI is InChI=1S/C17H25NO3/c19-16(17(20)12-6-2-7-13-17)18-21-14-8-5-11-15-9-3-1-4-10-15/h1,3-4,9-10,20H,2,5-8,11-14H2,(H,18,19). The predicted octanol–water partition coefficient (Wildman–Crippen LogP) is 2.75. The van der Waals surface area contributed by atoms with Gasteiger partial charge in [0.05, 0.1) is 6.61 Å². The van der Waals surface area contributed by atoms with Gasteiger partial charge in [0.25, 0.3) is 5.91 Å². The van der Waals surface area contributed by atoms with Crippen LogP contribution < -0.4 is 5.48 Å². The second kappa shape index (κ2) is 8.15. The molecule has 1 aromatic carbocycles. The fourth-order valence-electron chi connectivity index (χ4n) is 2.72. The normalized spacial score (nSPS) is 17.4. The van der Waals surface area contributed by atoms with Crippen LogP contribution in [-0.4, -0.2) is 23.2 Å². The molecule has 1 aliphatic carbocycles. The van der Waals surface area contributed by atoms with Crippen molar-refractivity contribution in [2.45, 2.75) is 57.0 Å². The average molecular weight is 291 g/mol. The molecular formula is C17H25NO3. The van der Waals surface area contributed by atoms with Crippen molar-refractivity contribution in [3.05, 3.63) is 35.9 Å². The van der Waals surface area contributed by atoms with Crippen molar-refractivity contribution in [2.24, 2.45) is 0 Å². The Labute approximate surface area is 126 Å². The highest BCUT2D eigenvalue weighted by molar-refractivity contribution is 5.84. The number of hydrogen-bond acceptors (Lipinski definition) is 3. The van der Waals surface area contributed by atoms with Gasteiger partial charge in [-0.1, -0.05) is 49.6 Å². The van der Waals surface area contributed by atoms with E-state index in [9.17, 15) is 9.90 Å². The molecule has 0 bridgehead atoms. The molecule has 1 amide bonds. The van der Waals surface area contributed by atoms with Gasteiger partial charge in [0, 0.05) is 0 Å². The zero-order valence-corrected chi connectivity index (χ0v) is 12.5. The van der Waals surface area contributed by atoms with Gasteiger partial charge in [0.2, 0.25) is 0 Å². The first-order valence-corrected chi connectivity index (χ1v) is 7.89. The van der Waals surface area contributed by atoms with Gasteiger partial charge < -0.3 is 5.11 Å². The summed E-state index contributed by atoms with van der Waals surface area (Å²) in [6.45, 7) is 0.481. The third kappa shape index (κ3) is 5.14. The predicted molar refractivity (Wildman–Crippen MR) is 81.5 cm³/mol. The van der Waals surface area contributed by atoms with E-state index in [4.69, 9.17) is 4.84 Å². The van der Waals surface area contributed by atoms with E-state index in [2.05, 4.69) is 17.6 Å². The monoisotopic (exact) mass is 291 g/mol. The molecule has 1 aromatic rings. The Morgan fingerprint density at radius 2 is 1.86 bits per heavy atom. The van der Waals surface area contributed by atoms with E-state index in [-0.39, 0.29) is 5.91 Å². The largest absolute Gasteiger partial charge is 0.380 e. The highest BCUT2D eigenvalue weighted by Crippen LogP contribution is 2.27. The van der Waals surface area contributed by atoms with Gasteiger partial charge in [0.15, 0.2) is 0 Å². The molecule has 0 atom stereocenters. The van der Waals surface area contributed by atoms with E-state index in [1.165, 1.54) is 5.56 Å². The van der Waals surface area contributed by atoms with Crippen LogP contribution in [0.2, 0.25) is 0 Å². The van der Waals surface area contributed by atoms with Crippen LogP contribution >= 0.6 is 0 Å². The van der Waals surface area contributed by atoms with E-state index in [0.717, 1.165) is 38.5 Å². The molecule has 4 heteroatoms. The average Bonchev–Trinajstić information content (AvgIpc) is 2.52. The van der Waals surface area contributed by atoms with Gasteiger partial charge in [-0.2, -0.15) is 0 Å². The van der Waals surface area contributed by atoms with E-state index in [0.29, 0.717) is 19.4 Å². The summed E-state index contributed by atoms with van der Waals surface area (Å²) in [5.74, 6) is -0.384. The van der Waals surface area contributed by atoms with Crippen molar-refractivity contribution in [1.82, 2.24) is 5.48 Å². The molecule has 2 N–H and O–H groups in total. The zero-order valence-electron chi connectivity index (χ0n) is 12.5. The highest BCUT2D eigenvalue weighted by atomic mass is 16.7. The lowest BCUT2D eigenvalue weighted by atomic mass is 9.84. The Bertz CT molecular complexity index is 427. The van der Waals surface area contributed by atoms with Crippen LogP contribution in [0, 0.1) is 0 Å². The summed E-state index contributed by atoms with van der Waals surface area (Å²) < 4.78 is 0. The van der Waals surface area contributed by atoms with E-state index in [1.807, 2.05) is 18.2 Å². The lowest BCUT2D eigenvalue weighted by Gasteiger charge is -2.30. The Morgan fingerprint density at radius 3 is 2.57 bits per heavy atom. The summed E-state index contributed by atoms with van der Waals surface area (Å²) in [5.41, 5.74) is 2.50. The molecular weight excluding hydrogens is 266 g/mol. The summed E-state index contributed by atoms with van der Waals surface area (Å²) in [6, 6.07) is 10.3. The SMILES string of the molecule is O=C(NOCCCCc1ccccc1)C1(O)CCCCC1. The third-order valence-electron chi connectivity index (χ3n) is 4.07. The molecule has 116 valence electrons. The van der Waals surface area contributed by atoms with Crippen molar-refractivity contribution in [3.8, 4) is 0 Å². The Hall–Kier alpha value is -1.39. The van der Waals surface area contributed by atoms with Crippen LogP contribution in [0.15, 0.2) is 30.3 Å². The maximum absolute atomic E-state index is 11.9. The van der Waals surface area contributed by atoms with E-state index >= 15 is 0 Å². The Morgan fingerprint density at radius 1 is 1.14 bits per heavy atom. The first-order valence-electron chi connectivity index (χ1n) is 7.89. The van der Waals surface area contributed by atoms with Gasteiger partial charge in [0.1, 0.15) is 5.60 Å². The quantitative estimate of drug-likeness (QED) is 0.600. The molecule has 0 aliphatic heterocycles. The highest BCUT2D eigenvalue weighted by Gasteiger charge is 2.37. The topological polar surface area (TPSA) is 58.6 Å².